The molecule has 0 aliphatic carbocycles. The number of benzene rings is 1. The lowest BCUT2D eigenvalue weighted by atomic mass is 10.2. The van der Waals surface area contributed by atoms with Crippen molar-refractivity contribution < 1.29 is 19.4 Å². The van der Waals surface area contributed by atoms with Crippen LogP contribution < -0.4 is 10.6 Å². The Bertz CT molecular complexity index is 417. The van der Waals surface area contributed by atoms with E-state index in [0.29, 0.717) is 24.3 Å². The van der Waals surface area contributed by atoms with Crippen molar-refractivity contribution in [2.75, 3.05) is 31.6 Å². The van der Waals surface area contributed by atoms with Crippen molar-refractivity contribution in [3.8, 4) is 0 Å². The van der Waals surface area contributed by atoms with Crippen LogP contribution in [0.3, 0.4) is 0 Å². The molecule has 1 aromatic rings. The second-order valence-corrected chi connectivity index (χ2v) is 3.64. The molecule has 0 saturated carbocycles. The Morgan fingerprint density at radius 2 is 1.94 bits per heavy atom. The summed E-state index contributed by atoms with van der Waals surface area (Å²) in [4.78, 5) is 23.6. The average Bonchev–Trinajstić information content (AvgIpc) is 2.37. The Morgan fingerprint density at radius 3 is 2.39 bits per heavy atom. The fraction of sp³-hybridized carbons (Fsp3) is 0.333. The summed E-state index contributed by atoms with van der Waals surface area (Å²) < 4.78 is 4.58. The Hall–Kier alpha value is -2.08. The number of methoxy groups -OCH3 is 1. The minimum Gasteiger partial charge on any atom is -0.480 e. The zero-order valence-electron chi connectivity index (χ0n) is 10.1. The molecule has 98 valence electrons. The van der Waals surface area contributed by atoms with Gasteiger partial charge in [0.05, 0.1) is 12.7 Å². The Kier molecular flexibility index (Phi) is 5.13. The quantitative estimate of drug-likeness (QED) is 0.708. The Morgan fingerprint density at radius 1 is 1.33 bits per heavy atom. The molecule has 6 nitrogen and oxygen atoms in total. The van der Waals surface area contributed by atoms with E-state index in [4.69, 9.17) is 10.8 Å². The highest BCUT2D eigenvalue weighted by Gasteiger charge is 2.11. The lowest BCUT2D eigenvalue weighted by Gasteiger charge is -2.22. The fourth-order valence-electron chi connectivity index (χ4n) is 1.54. The van der Waals surface area contributed by atoms with Crippen LogP contribution in [0.2, 0.25) is 0 Å². The van der Waals surface area contributed by atoms with Gasteiger partial charge in [-0.2, -0.15) is 0 Å². The van der Waals surface area contributed by atoms with Gasteiger partial charge in [-0.15, -0.1) is 0 Å². The highest BCUT2D eigenvalue weighted by Crippen LogP contribution is 2.15. The van der Waals surface area contributed by atoms with Gasteiger partial charge in [-0.1, -0.05) is 0 Å². The van der Waals surface area contributed by atoms with Crippen LogP contribution in [0.4, 0.5) is 5.69 Å². The Balaban J connectivity index is 2.86. The number of aliphatic carboxylic acids is 1. The highest BCUT2D eigenvalue weighted by atomic mass is 16.5. The summed E-state index contributed by atoms with van der Waals surface area (Å²) in [6, 6.07) is 6.52. The van der Waals surface area contributed by atoms with E-state index < -0.39 is 11.9 Å². The standard InChI is InChI=1S/C12H16N2O4/c1-18-12(17)9-2-4-10(5-3-9)14(7-6-13)8-11(15)16/h2-5H,6-8,13H2,1H3,(H,15,16). The molecule has 0 amide bonds. The van der Waals surface area contributed by atoms with Crippen LogP contribution in [0, 0.1) is 0 Å². The van der Waals surface area contributed by atoms with Gasteiger partial charge in [-0.05, 0) is 24.3 Å². The molecule has 0 radical (unpaired) electrons. The van der Waals surface area contributed by atoms with E-state index in [-0.39, 0.29) is 6.54 Å². The summed E-state index contributed by atoms with van der Waals surface area (Å²) in [7, 11) is 1.31. The van der Waals surface area contributed by atoms with Gasteiger partial charge in [0.2, 0.25) is 0 Å². The summed E-state index contributed by atoms with van der Waals surface area (Å²) in [6.07, 6.45) is 0. The zero-order valence-corrected chi connectivity index (χ0v) is 10.1. The molecule has 0 aliphatic heterocycles. The summed E-state index contributed by atoms with van der Waals surface area (Å²) in [5.41, 5.74) is 6.56. The number of carboxylic acid groups (broad SMARTS) is 1. The molecule has 0 atom stereocenters. The smallest absolute Gasteiger partial charge is 0.337 e. The van der Waals surface area contributed by atoms with E-state index in [2.05, 4.69) is 4.74 Å². The summed E-state index contributed by atoms with van der Waals surface area (Å²) in [6.45, 7) is 0.657. The zero-order chi connectivity index (χ0) is 13.5. The first-order chi connectivity index (χ1) is 8.58. The first-order valence-corrected chi connectivity index (χ1v) is 5.43. The third kappa shape index (κ3) is 3.74. The second-order valence-electron chi connectivity index (χ2n) is 3.64. The maximum Gasteiger partial charge on any atom is 0.337 e. The molecular weight excluding hydrogens is 236 g/mol. The SMILES string of the molecule is COC(=O)c1ccc(N(CCN)CC(=O)O)cc1. The maximum absolute atomic E-state index is 11.2. The number of esters is 1. The molecular formula is C12H16N2O4. The van der Waals surface area contributed by atoms with E-state index >= 15 is 0 Å². The molecule has 1 aromatic carbocycles. The third-order valence-electron chi connectivity index (χ3n) is 2.38. The summed E-state index contributed by atoms with van der Waals surface area (Å²) >= 11 is 0. The topological polar surface area (TPSA) is 92.9 Å². The second kappa shape index (κ2) is 6.61. The number of carboxylic acids is 1. The van der Waals surface area contributed by atoms with Crippen molar-refractivity contribution in [1.82, 2.24) is 0 Å². The molecule has 1 rings (SSSR count). The van der Waals surface area contributed by atoms with Gasteiger partial charge in [0.1, 0.15) is 6.54 Å². The van der Waals surface area contributed by atoms with Gasteiger partial charge in [-0.25, -0.2) is 4.79 Å². The van der Waals surface area contributed by atoms with E-state index in [1.54, 1.807) is 29.2 Å². The van der Waals surface area contributed by atoms with Crippen molar-refractivity contribution in [2.45, 2.75) is 0 Å². The van der Waals surface area contributed by atoms with Crippen LogP contribution in [0.5, 0.6) is 0 Å². The van der Waals surface area contributed by atoms with Gasteiger partial charge in [0.25, 0.3) is 0 Å². The number of anilines is 1. The first kappa shape index (κ1) is 14.0. The van der Waals surface area contributed by atoms with Crippen LogP contribution in [0.25, 0.3) is 0 Å². The number of hydrogen-bond acceptors (Lipinski definition) is 5. The molecule has 0 aromatic heterocycles. The molecule has 6 heteroatoms. The predicted octanol–water partition coefficient (Wildman–Crippen LogP) is 0.323. The van der Waals surface area contributed by atoms with Crippen molar-refractivity contribution >= 4 is 17.6 Å². The Labute approximate surface area is 105 Å². The average molecular weight is 252 g/mol. The number of hydrogen-bond donors (Lipinski definition) is 2. The van der Waals surface area contributed by atoms with Crippen molar-refractivity contribution in [1.29, 1.82) is 0 Å². The molecule has 18 heavy (non-hydrogen) atoms. The molecule has 0 unspecified atom stereocenters. The van der Waals surface area contributed by atoms with Crippen LogP contribution in [0.1, 0.15) is 10.4 Å². The number of carbonyl (C=O) groups is 2. The number of ether oxygens (including phenoxy) is 1. The molecule has 0 saturated heterocycles. The molecule has 0 fully saturated rings. The number of carbonyl (C=O) groups excluding carboxylic acids is 1. The lowest BCUT2D eigenvalue weighted by molar-refractivity contribution is -0.135. The largest absolute Gasteiger partial charge is 0.480 e. The van der Waals surface area contributed by atoms with E-state index in [1.165, 1.54) is 7.11 Å². The van der Waals surface area contributed by atoms with Crippen molar-refractivity contribution in [3.63, 3.8) is 0 Å². The van der Waals surface area contributed by atoms with Crippen molar-refractivity contribution in [3.05, 3.63) is 29.8 Å². The number of rotatable bonds is 6. The van der Waals surface area contributed by atoms with Gasteiger partial charge >= 0.3 is 11.9 Å². The first-order valence-electron chi connectivity index (χ1n) is 5.43. The number of nitrogens with two attached hydrogens (primary N) is 1. The lowest BCUT2D eigenvalue weighted by Crippen LogP contribution is -2.34. The minimum atomic E-state index is -0.930. The maximum atomic E-state index is 11.2. The van der Waals surface area contributed by atoms with Crippen molar-refractivity contribution in [2.24, 2.45) is 5.73 Å². The highest BCUT2D eigenvalue weighted by molar-refractivity contribution is 5.89. The summed E-state index contributed by atoms with van der Waals surface area (Å²) in [5, 5.41) is 8.80. The van der Waals surface area contributed by atoms with E-state index in [9.17, 15) is 9.59 Å². The predicted molar refractivity (Wildman–Crippen MR) is 66.7 cm³/mol. The third-order valence-corrected chi connectivity index (χ3v) is 2.38. The van der Waals surface area contributed by atoms with Crippen LogP contribution in [-0.4, -0.2) is 43.8 Å². The van der Waals surface area contributed by atoms with Gasteiger partial charge < -0.3 is 20.5 Å². The molecule has 3 N–H and O–H groups in total. The normalized spacial score (nSPS) is 9.89. The monoisotopic (exact) mass is 252 g/mol. The molecule has 0 bridgehead atoms. The van der Waals surface area contributed by atoms with E-state index in [1.807, 2.05) is 0 Å². The van der Waals surface area contributed by atoms with Crippen LogP contribution in [-0.2, 0) is 9.53 Å². The minimum absolute atomic E-state index is 0.130. The van der Waals surface area contributed by atoms with E-state index in [0.717, 1.165) is 0 Å². The molecule has 0 spiro atoms. The molecule has 0 aliphatic rings. The van der Waals surface area contributed by atoms with Gasteiger partial charge in [0.15, 0.2) is 0 Å². The summed E-state index contributed by atoms with van der Waals surface area (Å²) in [5.74, 6) is -1.36. The van der Waals surface area contributed by atoms with Crippen LogP contribution in [0.15, 0.2) is 24.3 Å². The van der Waals surface area contributed by atoms with Crippen LogP contribution >= 0.6 is 0 Å². The number of nitrogens with zero attached hydrogens (tertiary/aromatic N) is 1. The fourth-order valence-corrected chi connectivity index (χ4v) is 1.54. The van der Waals surface area contributed by atoms with Gasteiger partial charge in [0, 0.05) is 18.8 Å². The van der Waals surface area contributed by atoms with Gasteiger partial charge in [-0.3, -0.25) is 4.79 Å². The molecule has 0 heterocycles.